The molecule has 0 saturated carbocycles. The summed E-state index contributed by atoms with van der Waals surface area (Å²) in [4.78, 5) is 0. The predicted octanol–water partition coefficient (Wildman–Crippen LogP) is 2.48. The minimum atomic E-state index is -0.492. The molecule has 0 aliphatic carbocycles. The summed E-state index contributed by atoms with van der Waals surface area (Å²) in [6, 6.07) is 18.3. The fourth-order valence-electron chi connectivity index (χ4n) is 4.14. The van der Waals surface area contributed by atoms with Crippen LogP contribution in [0.4, 0.5) is 0 Å². The van der Waals surface area contributed by atoms with Crippen molar-refractivity contribution in [2.45, 2.75) is 96.3 Å². The highest BCUT2D eigenvalue weighted by molar-refractivity contribution is 5.24. The Morgan fingerprint density at radius 3 is 1.97 bits per heavy atom. The highest BCUT2D eigenvalue weighted by Gasteiger charge is 2.19. The van der Waals surface area contributed by atoms with Crippen molar-refractivity contribution in [3.8, 4) is 0 Å². The van der Waals surface area contributed by atoms with Crippen LogP contribution >= 0.6 is 0 Å². The average Bonchev–Trinajstić information content (AvgIpc) is 2.81. The Hall–Kier alpha value is -1.39. The lowest BCUT2D eigenvalue weighted by Crippen LogP contribution is -3.00. The van der Waals surface area contributed by atoms with E-state index < -0.39 is 12.2 Å². The van der Waals surface area contributed by atoms with Gasteiger partial charge in [0, 0.05) is 6.42 Å². The Bertz CT molecular complexity index is 692. The number of aliphatic hydroxyl groups is 2. The SMILES string of the molecule is CCCCCCCCCCc1ccc(C(O)CC[NH2+]C(C)C(O)c2ccccc2)cc1.[Cl-]. The van der Waals surface area contributed by atoms with Gasteiger partial charge in [-0.05, 0) is 36.5 Å². The van der Waals surface area contributed by atoms with Crippen LogP contribution in [-0.4, -0.2) is 22.8 Å². The Morgan fingerprint density at radius 1 is 0.750 bits per heavy atom. The molecule has 0 spiro atoms. The van der Waals surface area contributed by atoms with Crippen LogP contribution in [0.1, 0.15) is 101 Å². The average molecular weight is 462 g/mol. The predicted molar refractivity (Wildman–Crippen MR) is 130 cm³/mol. The van der Waals surface area contributed by atoms with E-state index in [0.29, 0.717) is 6.42 Å². The molecule has 4 N–H and O–H groups in total. The van der Waals surface area contributed by atoms with Crippen LogP contribution in [0.25, 0.3) is 0 Å². The first-order chi connectivity index (χ1) is 15.1. The zero-order chi connectivity index (χ0) is 22.3. The summed E-state index contributed by atoms with van der Waals surface area (Å²) in [6.45, 7) is 5.08. The Kier molecular flexibility index (Phi) is 15.3. The summed E-state index contributed by atoms with van der Waals surface area (Å²) in [7, 11) is 0. The minimum absolute atomic E-state index is 0. The third kappa shape index (κ3) is 11.0. The molecule has 2 aromatic rings. The molecule has 32 heavy (non-hydrogen) atoms. The van der Waals surface area contributed by atoms with Crippen LogP contribution in [0.3, 0.4) is 0 Å². The number of aryl methyl sites for hydroxylation is 1. The van der Waals surface area contributed by atoms with Gasteiger partial charge < -0.3 is 27.9 Å². The lowest BCUT2D eigenvalue weighted by atomic mass is 10.0. The van der Waals surface area contributed by atoms with E-state index >= 15 is 0 Å². The van der Waals surface area contributed by atoms with Gasteiger partial charge >= 0.3 is 0 Å². The summed E-state index contributed by atoms with van der Waals surface area (Å²) in [5.41, 5.74) is 3.30. The molecule has 0 radical (unpaired) electrons. The largest absolute Gasteiger partial charge is 1.00 e. The number of halogens is 1. The Morgan fingerprint density at radius 2 is 1.34 bits per heavy atom. The van der Waals surface area contributed by atoms with Crippen molar-refractivity contribution in [1.29, 1.82) is 0 Å². The Balaban J connectivity index is 0.00000512. The van der Waals surface area contributed by atoms with E-state index in [0.717, 1.165) is 24.1 Å². The third-order valence-electron chi connectivity index (χ3n) is 6.30. The molecule has 0 aromatic heterocycles. The van der Waals surface area contributed by atoms with E-state index in [-0.39, 0.29) is 18.4 Å². The highest BCUT2D eigenvalue weighted by Crippen LogP contribution is 2.18. The maximum atomic E-state index is 10.5. The van der Waals surface area contributed by atoms with Crippen LogP contribution in [0.15, 0.2) is 54.6 Å². The number of quaternary nitrogens is 1. The number of hydrogen-bond donors (Lipinski definition) is 3. The van der Waals surface area contributed by atoms with Gasteiger partial charge in [0.15, 0.2) is 0 Å². The van der Waals surface area contributed by atoms with Crippen molar-refractivity contribution in [1.82, 2.24) is 0 Å². The quantitative estimate of drug-likeness (QED) is 0.336. The van der Waals surface area contributed by atoms with E-state index in [1.54, 1.807) is 0 Å². The molecule has 0 fully saturated rings. The van der Waals surface area contributed by atoms with Gasteiger partial charge in [-0.2, -0.15) is 0 Å². The first kappa shape index (κ1) is 28.6. The molecular weight excluding hydrogens is 418 g/mol. The summed E-state index contributed by atoms with van der Waals surface area (Å²) < 4.78 is 0. The van der Waals surface area contributed by atoms with Gasteiger partial charge in [0.25, 0.3) is 0 Å². The smallest absolute Gasteiger partial charge is 0.130 e. The monoisotopic (exact) mass is 461 g/mol. The second-order valence-corrected chi connectivity index (χ2v) is 9.01. The van der Waals surface area contributed by atoms with Gasteiger partial charge in [0.2, 0.25) is 0 Å². The number of hydrogen-bond acceptors (Lipinski definition) is 2. The van der Waals surface area contributed by atoms with Crippen molar-refractivity contribution in [3.05, 3.63) is 71.3 Å². The van der Waals surface area contributed by atoms with E-state index in [2.05, 4.69) is 36.5 Å². The van der Waals surface area contributed by atoms with Crippen LogP contribution in [0.2, 0.25) is 0 Å². The molecule has 0 aliphatic heterocycles. The number of aliphatic hydroxyl groups excluding tert-OH is 2. The first-order valence-corrected chi connectivity index (χ1v) is 12.4. The molecule has 3 nitrogen and oxygen atoms in total. The van der Waals surface area contributed by atoms with E-state index in [1.165, 1.54) is 56.9 Å². The van der Waals surface area contributed by atoms with Gasteiger partial charge in [-0.25, -0.2) is 0 Å². The third-order valence-corrected chi connectivity index (χ3v) is 6.30. The van der Waals surface area contributed by atoms with Crippen molar-refractivity contribution in [3.63, 3.8) is 0 Å². The van der Waals surface area contributed by atoms with Crippen LogP contribution in [-0.2, 0) is 6.42 Å². The van der Waals surface area contributed by atoms with E-state index in [1.807, 2.05) is 37.3 Å². The molecule has 0 saturated heterocycles. The fourth-order valence-corrected chi connectivity index (χ4v) is 4.14. The van der Waals surface area contributed by atoms with Crippen molar-refractivity contribution in [2.24, 2.45) is 0 Å². The molecule has 2 rings (SSSR count). The van der Waals surface area contributed by atoms with Gasteiger partial charge in [0.05, 0.1) is 12.6 Å². The molecule has 0 heterocycles. The lowest BCUT2D eigenvalue weighted by Gasteiger charge is -2.19. The van der Waals surface area contributed by atoms with Crippen molar-refractivity contribution < 1.29 is 27.9 Å². The number of rotatable bonds is 16. The molecule has 3 unspecified atom stereocenters. The summed E-state index contributed by atoms with van der Waals surface area (Å²) in [5, 5.41) is 23.1. The lowest BCUT2D eigenvalue weighted by molar-refractivity contribution is -0.695. The molecule has 0 aliphatic rings. The maximum absolute atomic E-state index is 10.5. The van der Waals surface area contributed by atoms with Gasteiger partial charge in [0.1, 0.15) is 12.1 Å². The molecule has 4 heteroatoms. The standard InChI is InChI=1S/C28H43NO2.ClH/c1-3-4-5-6-7-8-9-11-14-24-17-19-25(20-18-24)27(30)21-22-29-23(2)28(31)26-15-12-10-13-16-26;/h10,12-13,15-20,23,27-31H,3-9,11,14,21-22H2,1-2H3;1H. The van der Waals surface area contributed by atoms with Gasteiger partial charge in [-0.15, -0.1) is 0 Å². The topological polar surface area (TPSA) is 57.1 Å². The molecule has 0 amide bonds. The molecule has 2 aromatic carbocycles. The maximum Gasteiger partial charge on any atom is 0.130 e. The van der Waals surface area contributed by atoms with Gasteiger partial charge in [-0.3, -0.25) is 0 Å². The summed E-state index contributed by atoms with van der Waals surface area (Å²) >= 11 is 0. The van der Waals surface area contributed by atoms with Crippen LogP contribution in [0, 0.1) is 0 Å². The normalized spacial score (nSPS) is 13.9. The number of nitrogens with two attached hydrogens (primary N) is 1. The van der Waals surface area contributed by atoms with Crippen molar-refractivity contribution >= 4 is 0 Å². The highest BCUT2D eigenvalue weighted by atomic mass is 35.5. The van der Waals surface area contributed by atoms with Crippen LogP contribution < -0.4 is 17.7 Å². The molecule has 180 valence electrons. The number of unbranched alkanes of at least 4 members (excludes halogenated alkanes) is 7. The summed E-state index contributed by atoms with van der Waals surface area (Å²) in [6.07, 6.45) is 11.7. The second-order valence-electron chi connectivity index (χ2n) is 9.01. The zero-order valence-corrected chi connectivity index (χ0v) is 20.8. The molecule has 3 atom stereocenters. The first-order valence-electron chi connectivity index (χ1n) is 12.4. The Labute approximate surface area is 202 Å². The fraction of sp³-hybridized carbons (Fsp3) is 0.571. The van der Waals surface area contributed by atoms with E-state index in [9.17, 15) is 10.2 Å². The van der Waals surface area contributed by atoms with Crippen molar-refractivity contribution in [2.75, 3.05) is 6.54 Å². The summed E-state index contributed by atoms with van der Waals surface area (Å²) in [5.74, 6) is 0. The van der Waals surface area contributed by atoms with Gasteiger partial charge in [-0.1, -0.05) is 106 Å². The minimum Gasteiger partial charge on any atom is -1.00 e. The number of benzene rings is 2. The molecule has 0 bridgehead atoms. The zero-order valence-electron chi connectivity index (χ0n) is 20.1. The molecular formula is C28H44ClNO2. The second kappa shape index (κ2) is 17.1. The van der Waals surface area contributed by atoms with Crippen LogP contribution in [0.5, 0.6) is 0 Å². The van der Waals surface area contributed by atoms with E-state index in [4.69, 9.17) is 0 Å².